The van der Waals surface area contributed by atoms with Gasteiger partial charge in [-0.25, -0.2) is 0 Å². The van der Waals surface area contributed by atoms with Gasteiger partial charge in [0.15, 0.2) is 11.5 Å². The van der Waals surface area contributed by atoms with Crippen LogP contribution in [0.4, 0.5) is 0 Å². The molecule has 2 fully saturated rings. The van der Waals surface area contributed by atoms with Gasteiger partial charge in [-0.3, -0.25) is 0 Å². The minimum Gasteiger partial charge on any atom is -0.504 e. The summed E-state index contributed by atoms with van der Waals surface area (Å²) in [7, 11) is 3.98. The normalized spacial score (nSPS) is 35.0. The van der Waals surface area contributed by atoms with E-state index >= 15 is 0 Å². The van der Waals surface area contributed by atoms with Crippen molar-refractivity contribution in [2.24, 2.45) is 5.92 Å². The van der Waals surface area contributed by atoms with Gasteiger partial charge in [-0.15, -0.1) is 0 Å². The van der Waals surface area contributed by atoms with Gasteiger partial charge >= 0.3 is 0 Å². The quantitative estimate of drug-likeness (QED) is 0.861. The van der Waals surface area contributed by atoms with E-state index in [1.807, 2.05) is 6.07 Å². The summed E-state index contributed by atoms with van der Waals surface area (Å²) in [6.45, 7) is 1.17. The van der Waals surface area contributed by atoms with Gasteiger partial charge < -0.3 is 14.7 Å². The number of benzene rings is 1. The smallest absolute Gasteiger partial charge is 0.164 e. The molecular weight excluding hydrogens is 262 g/mol. The summed E-state index contributed by atoms with van der Waals surface area (Å²) in [4.78, 5) is 2.57. The maximum absolute atomic E-state index is 10.3. The van der Waals surface area contributed by atoms with Crippen molar-refractivity contribution in [3.8, 4) is 11.5 Å². The second-order valence-electron chi connectivity index (χ2n) is 7.16. The molecule has 1 saturated carbocycles. The Balaban J connectivity index is 1.95. The number of hydrogen-bond donors (Lipinski definition) is 1. The van der Waals surface area contributed by atoms with E-state index in [-0.39, 0.29) is 5.41 Å². The number of methoxy groups -OCH3 is 1. The van der Waals surface area contributed by atoms with E-state index in [9.17, 15) is 5.11 Å². The average molecular weight is 287 g/mol. The fourth-order valence-electron chi connectivity index (χ4n) is 5.48. The van der Waals surface area contributed by atoms with Gasteiger partial charge in [0.25, 0.3) is 0 Å². The third kappa shape index (κ3) is 1.70. The molecule has 4 rings (SSSR count). The fourth-order valence-corrected chi connectivity index (χ4v) is 5.48. The van der Waals surface area contributed by atoms with Crippen LogP contribution in [0.1, 0.15) is 43.2 Å². The lowest BCUT2D eigenvalue weighted by Crippen LogP contribution is -2.59. The molecule has 3 heteroatoms. The van der Waals surface area contributed by atoms with E-state index in [0.717, 1.165) is 18.1 Å². The van der Waals surface area contributed by atoms with E-state index in [0.29, 0.717) is 11.8 Å². The van der Waals surface area contributed by atoms with Crippen LogP contribution in [-0.4, -0.2) is 36.8 Å². The lowest BCUT2D eigenvalue weighted by molar-refractivity contribution is 0.00129. The number of piperidine rings is 1. The molecule has 3 nitrogen and oxygen atoms in total. The standard InChI is InChI=1S/C18H25NO2/c1-19-10-9-18-8-4-3-5-13(18)14(19)11-12-6-7-15(20)17(21-2)16(12)18/h6-7,13-14,20H,3-5,8-11H2,1-2H3. The predicted molar refractivity (Wildman–Crippen MR) is 83.0 cm³/mol. The summed E-state index contributed by atoms with van der Waals surface area (Å²) in [5.74, 6) is 1.79. The van der Waals surface area contributed by atoms with Crippen LogP contribution in [0.15, 0.2) is 12.1 Å². The number of phenolic OH excluding ortho intramolecular Hbond substituents is 1. The first-order valence-electron chi connectivity index (χ1n) is 8.27. The number of phenols is 1. The summed E-state index contributed by atoms with van der Waals surface area (Å²) in [5.41, 5.74) is 2.99. The molecular formula is C18H25NO2. The van der Waals surface area contributed by atoms with Crippen molar-refractivity contribution < 1.29 is 9.84 Å². The molecule has 21 heavy (non-hydrogen) atoms. The number of ether oxygens (including phenoxy) is 1. The Morgan fingerprint density at radius 2 is 2.14 bits per heavy atom. The molecule has 0 aromatic heterocycles. The molecule has 1 heterocycles. The maximum Gasteiger partial charge on any atom is 0.164 e. The minimum atomic E-state index is 0.243. The van der Waals surface area contributed by atoms with Gasteiger partial charge in [0, 0.05) is 17.0 Å². The van der Waals surface area contributed by atoms with Crippen molar-refractivity contribution in [2.45, 2.75) is 50.0 Å². The number of aromatic hydroxyl groups is 1. The first-order valence-corrected chi connectivity index (χ1v) is 8.27. The molecule has 3 unspecified atom stereocenters. The van der Waals surface area contributed by atoms with Crippen molar-refractivity contribution in [3.63, 3.8) is 0 Å². The highest BCUT2D eigenvalue weighted by molar-refractivity contribution is 5.56. The van der Waals surface area contributed by atoms with Crippen LogP contribution in [0, 0.1) is 5.92 Å². The summed E-state index contributed by atoms with van der Waals surface area (Å²) in [6, 6.07) is 4.61. The molecule has 2 aliphatic carbocycles. The predicted octanol–water partition coefficient (Wildman–Crippen LogP) is 3.09. The number of fused-ring (bicyclic) bond motifs is 1. The van der Waals surface area contributed by atoms with E-state index in [2.05, 4.69) is 18.0 Å². The van der Waals surface area contributed by atoms with Gasteiger partial charge in [-0.05, 0) is 56.8 Å². The Kier molecular flexibility index (Phi) is 2.97. The molecule has 0 amide bonds. The highest BCUT2D eigenvalue weighted by atomic mass is 16.5. The summed E-state index contributed by atoms with van der Waals surface area (Å²) < 4.78 is 5.64. The molecule has 3 aliphatic rings. The molecule has 1 aromatic carbocycles. The van der Waals surface area contributed by atoms with Gasteiger partial charge in [0.2, 0.25) is 0 Å². The first kappa shape index (κ1) is 13.4. The highest BCUT2D eigenvalue weighted by Crippen LogP contribution is 2.58. The van der Waals surface area contributed by atoms with E-state index < -0.39 is 0 Å². The summed E-state index contributed by atoms with van der Waals surface area (Å²) in [5, 5.41) is 10.3. The minimum absolute atomic E-state index is 0.243. The topological polar surface area (TPSA) is 32.7 Å². The van der Waals surface area contributed by atoms with Crippen LogP contribution in [0.5, 0.6) is 11.5 Å². The number of hydrogen-bond acceptors (Lipinski definition) is 3. The molecule has 0 radical (unpaired) electrons. The molecule has 0 spiro atoms. The number of rotatable bonds is 1. The Morgan fingerprint density at radius 3 is 2.95 bits per heavy atom. The SMILES string of the molecule is COc1c(O)ccc2c1C13CCCCC1C(C2)N(C)CC3. The van der Waals surface area contributed by atoms with Crippen LogP contribution < -0.4 is 4.74 Å². The number of nitrogens with zero attached hydrogens (tertiary/aromatic N) is 1. The second kappa shape index (κ2) is 4.64. The first-order chi connectivity index (χ1) is 10.2. The Labute approximate surface area is 126 Å². The zero-order valence-electron chi connectivity index (χ0n) is 13.1. The van der Waals surface area contributed by atoms with Crippen LogP contribution >= 0.6 is 0 Å². The van der Waals surface area contributed by atoms with E-state index in [1.54, 1.807) is 7.11 Å². The highest BCUT2D eigenvalue weighted by Gasteiger charge is 2.54. The lowest BCUT2D eigenvalue weighted by Gasteiger charge is -2.58. The van der Waals surface area contributed by atoms with Crippen molar-refractivity contribution in [1.82, 2.24) is 4.90 Å². The molecule has 1 aliphatic heterocycles. The van der Waals surface area contributed by atoms with Crippen LogP contribution in [-0.2, 0) is 11.8 Å². The average Bonchev–Trinajstić information content (AvgIpc) is 2.51. The lowest BCUT2D eigenvalue weighted by atomic mass is 9.52. The second-order valence-corrected chi connectivity index (χ2v) is 7.16. The Bertz CT molecular complexity index is 571. The maximum atomic E-state index is 10.3. The van der Waals surface area contributed by atoms with Gasteiger partial charge in [0.1, 0.15) is 0 Å². The summed E-state index contributed by atoms with van der Waals surface area (Å²) >= 11 is 0. The monoisotopic (exact) mass is 287 g/mol. The van der Waals surface area contributed by atoms with E-state index in [4.69, 9.17) is 4.74 Å². The van der Waals surface area contributed by atoms with Gasteiger partial charge in [-0.2, -0.15) is 0 Å². The fraction of sp³-hybridized carbons (Fsp3) is 0.667. The van der Waals surface area contributed by atoms with Crippen LogP contribution in [0.2, 0.25) is 0 Å². The zero-order valence-corrected chi connectivity index (χ0v) is 13.1. The Hall–Kier alpha value is -1.22. The third-order valence-corrected chi connectivity index (χ3v) is 6.39. The molecule has 1 aromatic rings. The molecule has 3 atom stereocenters. The van der Waals surface area contributed by atoms with Crippen molar-refractivity contribution in [2.75, 3.05) is 20.7 Å². The largest absolute Gasteiger partial charge is 0.504 e. The van der Waals surface area contributed by atoms with Gasteiger partial charge in [-0.1, -0.05) is 18.9 Å². The van der Waals surface area contributed by atoms with Crippen molar-refractivity contribution in [3.05, 3.63) is 23.3 Å². The molecule has 114 valence electrons. The van der Waals surface area contributed by atoms with Gasteiger partial charge in [0.05, 0.1) is 7.11 Å². The third-order valence-electron chi connectivity index (χ3n) is 6.39. The van der Waals surface area contributed by atoms with Crippen molar-refractivity contribution >= 4 is 0 Å². The van der Waals surface area contributed by atoms with E-state index in [1.165, 1.54) is 49.8 Å². The van der Waals surface area contributed by atoms with Crippen LogP contribution in [0.3, 0.4) is 0 Å². The zero-order chi connectivity index (χ0) is 14.6. The van der Waals surface area contributed by atoms with Crippen molar-refractivity contribution in [1.29, 1.82) is 0 Å². The number of likely N-dealkylation sites (tertiary alicyclic amines) is 1. The number of likely N-dealkylation sites (N-methyl/N-ethyl adjacent to an activating group) is 1. The molecule has 1 saturated heterocycles. The summed E-state index contributed by atoms with van der Waals surface area (Å²) in [6.07, 6.45) is 7.56. The molecule has 2 bridgehead atoms. The molecule has 1 N–H and O–H groups in total. The van der Waals surface area contributed by atoms with Crippen LogP contribution in [0.25, 0.3) is 0 Å². The Morgan fingerprint density at radius 1 is 1.29 bits per heavy atom.